The van der Waals surface area contributed by atoms with Gasteiger partial charge in [0, 0.05) is 29.4 Å². The maximum absolute atomic E-state index is 6.02. The van der Waals surface area contributed by atoms with Crippen molar-refractivity contribution in [2.24, 2.45) is 5.73 Å². The Morgan fingerprint density at radius 2 is 1.59 bits per heavy atom. The van der Waals surface area contributed by atoms with E-state index >= 15 is 0 Å². The van der Waals surface area contributed by atoms with E-state index in [9.17, 15) is 0 Å². The van der Waals surface area contributed by atoms with Crippen LogP contribution >= 0.6 is 0 Å². The van der Waals surface area contributed by atoms with Crippen molar-refractivity contribution in [2.75, 3.05) is 12.4 Å². The van der Waals surface area contributed by atoms with Crippen LogP contribution in [0.15, 0.2) is 44.0 Å². The van der Waals surface area contributed by atoms with Crippen LogP contribution in [0.1, 0.15) is 37.0 Å². The van der Waals surface area contributed by atoms with E-state index in [-0.39, 0.29) is 0 Å². The van der Waals surface area contributed by atoms with E-state index in [2.05, 4.69) is 50.2 Å². The second-order valence-electron chi connectivity index (χ2n) is 5.58. The summed E-state index contributed by atoms with van der Waals surface area (Å²) < 4.78 is 0. The van der Waals surface area contributed by atoms with E-state index in [0.717, 1.165) is 50.7 Å². The van der Waals surface area contributed by atoms with Gasteiger partial charge in [0.05, 0.1) is 0 Å². The van der Waals surface area contributed by atoms with Crippen molar-refractivity contribution in [1.29, 1.82) is 0 Å². The zero-order valence-corrected chi connectivity index (χ0v) is 13.7. The lowest BCUT2D eigenvalue weighted by molar-refractivity contribution is 1.25. The van der Waals surface area contributed by atoms with Crippen molar-refractivity contribution in [3.63, 3.8) is 0 Å². The second-order valence-corrected chi connectivity index (χ2v) is 5.58. The van der Waals surface area contributed by atoms with Crippen LogP contribution in [-0.2, 0) is 0 Å². The zero-order chi connectivity index (χ0) is 16.4. The molecule has 0 heterocycles. The Labute approximate surface area is 133 Å². The number of hydrogen-bond acceptors (Lipinski definition) is 2. The summed E-state index contributed by atoms with van der Waals surface area (Å²) >= 11 is 0. The number of nitrogens with two attached hydrogens (primary N) is 1. The smallest absolute Gasteiger partial charge is 0.0424 e. The summed E-state index contributed by atoms with van der Waals surface area (Å²) in [5.41, 5.74) is 13.0. The molecule has 0 spiro atoms. The van der Waals surface area contributed by atoms with Gasteiger partial charge in [-0.3, -0.25) is 0 Å². The van der Waals surface area contributed by atoms with Gasteiger partial charge in [-0.25, -0.2) is 0 Å². The van der Waals surface area contributed by atoms with E-state index in [0.29, 0.717) is 5.70 Å². The van der Waals surface area contributed by atoms with Crippen molar-refractivity contribution in [1.82, 2.24) is 0 Å². The molecule has 114 valence electrons. The van der Waals surface area contributed by atoms with E-state index in [4.69, 9.17) is 5.73 Å². The molecule has 0 radical (unpaired) electrons. The highest BCUT2D eigenvalue weighted by Crippen LogP contribution is 2.39. The first-order valence-corrected chi connectivity index (χ1v) is 7.48. The fraction of sp³-hybridized carbons (Fsp3) is 0.200. The normalized spacial score (nSPS) is 10.5. The predicted octanol–water partition coefficient (Wildman–Crippen LogP) is 5.27. The summed E-state index contributed by atoms with van der Waals surface area (Å²) in [7, 11) is 1.92. The highest BCUT2D eigenvalue weighted by Gasteiger charge is 2.16. The van der Waals surface area contributed by atoms with Gasteiger partial charge in [-0.15, -0.1) is 0 Å². The molecule has 0 bridgehead atoms. The first-order valence-electron chi connectivity index (χ1n) is 7.48. The third-order valence-electron chi connectivity index (χ3n) is 4.04. The molecule has 2 aromatic rings. The summed E-state index contributed by atoms with van der Waals surface area (Å²) in [4.78, 5) is 0. The van der Waals surface area contributed by atoms with Gasteiger partial charge in [0.15, 0.2) is 0 Å². The predicted molar refractivity (Wildman–Crippen MR) is 101 cm³/mol. The maximum Gasteiger partial charge on any atom is 0.0424 e. The number of hydrogen-bond donors (Lipinski definition) is 2. The highest BCUT2D eigenvalue weighted by atomic mass is 14.8. The Hall–Kier alpha value is -2.48. The first-order chi connectivity index (χ1) is 10.4. The molecule has 0 aliphatic carbocycles. The minimum absolute atomic E-state index is 0.564. The Balaban J connectivity index is 3.07. The largest absolute Gasteiger partial charge is 0.399 e. The molecule has 0 amide bonds. The molecule has 0 aliphatic heterocycles. The molecule has 2 aromatic carbocycles. The van der Waals surface area contributed by atoms with E-state index in [1.165, 1.54) is 0 Å². The molecule has 0 saturated heterocycles. The molecule has 0 fully saturated rings. The third kappa shape index (κ3) is 2.52. The molecular formula is C20H24N2. The van der Waals surface area contributed by atoms with Crippen LogP contribution < -0.4 is 11.1 Å². The van der Waals surface area contributed by atoms with Crippen LogP contribution in [0.25, 0.3) is 27.6 Å². The topological polar surface area (TPSA) is 38.0 Å². The van der Waals surface area contributed by atoms with Crippen LogP contribution in [0.5, 0.6) is 0 Å². The molecule has 0 aliphatic rings. The molecule has 0 saturated carbocycles. The highest BCUT2D eigenvalue weighted by molar-refractivity contribution is 6.10. The number of rotatable bonds is 5. The minimum Gasteiger partial charge on any atom is -0.399 e. The molecular weight excluding hydrogens is 268 g/mol. The summed E-state index contributed by atoms with van der Waals surface area (Å²) in [5, 5.41) is 5.49. The number of fused-ring (bicyclic) bond motifs is 1. The zero-order valence-electron chi connectivity index (χ0n) is 13.7. The van der Waals surface area contributed by atoms with Gasteiger partial charge in [-0.2, -0.15) is 0 Å². The van der Waals surface area contributed by atoms with Crippen molar-refractivity contribution >= 4 is 33.3 Å². The van der Waals surface area contributed by atoms with Gasteiger partial charge in [0.2, 0.25) is 0 Å². The van der Waals surface area contributed by atoms with Crippen molar-refractivity contribution in [3.8, 4) is 0 Å². The van der Waals surface area contributed by atoms with Crippen molar-refractivity contribution in [2.45, 2.75) is 20.3 Å². The molecule has 0 atom stereocenters. The average molecular weight is 292 g/mol. The maximum atomic E-state index is 6.02. The van der Waals surface area contributed by atoms with Gasteiger partial charge >= 0.3 is 0 Å². The first kappa shape index (κ1) is 15.9. The van der Waals surface area contributed by atoms with Gasteiger partial charge in [-0.05, 0) is 41.5 Å². The molecule has 2 nitrogen and oxygen atoms in total. The van der Waals surface area contributed by atoms with Gasteiger partial charge in [-0.1, -0.05) is 50.4 Å². The van der Waals surface area contributed by atoms with Crippen LogP contribution in [0, 0.1) is 0 Å². The van der Waals surface area contributed by atoms with E-state index < -0.39 is 0 Å². The molecule has 3 N–H and O–H groups in total. The third-order valence-corrected chi connectivity index (χ3v) is 4.04. The molecule has 0 unspecified atom stereocenters. The minimum atomic E-state index is 0.564. The van der Waals surface area contributed by atoms with Crippen LogP contribution in [0.2, 0.25) is 0 Å². The number of allylic oxidation sites excluding steroid dienone is 2. The average Bonchev–Trinajstić information content (AvgIpc) is 2.51. The SMILES string of the molecule is C=C(N)c1ccc(C(=C)CC)c2c(C(=C)C)ccc(NC)c12. The summed E-state index contributed by atoms with van der Waals surface area (Å²) in [5.74, 6) is 0. The van der Waals surface area contributed by atoms with Crippen LogP contribution in [0.4, 0.5) is 5.69 Å². The standard InChI is InChI=1S/C20H24N2/c1-7-13(4)16-8-9-17(14(5)21)20-18(22-6)11-10-15(12(2)3)19(16)20/h8-11,22H,2,4-5,7,21H2,1,3,6H3. The summed E-state index contributed by atoms with van der Waals surface area (Å²) in [6.45, 7) is 16.4. The molecule has 0 aromatic heterocycles. The lowest BCUT2D eigenvalue weighted by Gasteiger charge is -2.19. The van der Waals surface area contributed by atoms with Crippen molar-refractivity contribution in [3.05, 3.63) is 60.7 Å². The molecule has 2 heteroatoms. The number of benzene rings is 2. The summed E-state index contributed by atoms with van der Waals surface area (Å²) in [6.07, 6.45) is 0.900. The Morgan fingerprint density at radius 3 is 2.09 bits per heavy atom. The van der Waals surface area contributed by atoms with Crippen molar-refractivity contribution < 1.29 is 0 Å². The lowest BCUT2D eigenvalue weighted by Crippen LogP contribution is -2.02. The second kappa shape index (κ2) is 6.10. The van der Waals surface area contributed by atoms with Gasteiger partial charge < -0.3 is 11.1 Å². The van der Waals surface area contributed by atoms with Crippen LogP contribution in [-0.4, -0.2) is 7.05 Å². The fourth-order valence-corrected chi connectivity index (χ4v) is 2.81. The number of anilines is 1. The molecule has 2 rings (SSSR count). The monoisotopic (exact) mass is 292 g/mol. The quantitative estimate of drug-likeness (QED) is 0.788. The fourth-order valence-electron chi connectivity index (χ4n) is 2.81. The Bertz CT molecular complexity index is 782. The van der Waals surface area contributed by atoms with Gasteiger partial charge in [0.25, 0.3) is 0 Å². The Morgan fingerprint density at radius 1 is 1.00 bits per heavy atom. The Kier molecular flexibility index (Phi) is 4.41. The van der Waals surface area contributed by atoms with E-state index in [1.54, 1.807) is 0 Å². The van der Waals surface area contributed by atoms with Gasteiger partial charge in [0.1, 0.15) is 0 Å². The number of nitrogens with one attached hydrogen (secondary N) is 1. The lowest BCUT2D eigenvalue weighted by atomic mass is 9.88. The summed E-state index contributed by atoms with van der Waals surface area (Å²) in [6, 6.07) is 8.29. The van der Waals surface area contributed by atoms with Crippen LogP contribution in [0.3, 0.4) is 0 Å². The van der Waals surface area contributed by atoms with E-state index in [1.807, 2.05) is 20.0 Å². The molecule has 22 heavy (non-hydrogen) atoms.